The summed E-state index contributed by atoms with van der Waals surface area (Å²) in [6.07, 6.45) is 4.38. The van der Waals surface area contributed by atoms with Crippen molar-refractivity contribution in [2.45, 2.75) is 44.0 Å². The van der Waals surface area contributed by atoms with E-state index in [1.54, 1.807) is 19.1 Å². The van der Waals surface area contributed by atoms with Gasteiger partial charge in [-0.3, -0.25) is 4.79 Å². The molecule has 3 rings (SSSR count). The van der Waals surface area contributed by atoms with E-state index in [4.69, 9.17) is 11.6 Å². The molecular weight excluding hydrogens is 468 g/mol. The Morgan fingerprint density at radius 2 is 1.79 bits per heavy atom. The van der Waals surface area contributed by atoms with Crippen molar-refractivity contribution in [3.63, 3.8) is 0 Å². The van der Waals surface area contributed by atoms with Crippen LogP contribution in [0.15, 0.2) is 76.7 Å². The normalized spacial score (nSPS) is 20.3. The van der Waals surface area contributed by atoms with Gasteiger partial charge in [0, 0.05) is 5.03 Å². The summed E-state index contributed by atoms with van der Waals surface area (Å²) in [5.74, 6) is -0.782. The molecule has 5 nitrogen and oxygen atoms in total. The van der Waals surface area contributed by atoms with E-state index in [0.717, 1.165) is 11.1 Å². The number of sulfone groups is 1. The van der Waals surface area contributed by atoms with Crippen LogP contribution < -0.4 is 5.32 Å². The number of benzene rings is 2. The summed E-state index contributed by atoms with van der Waals surface area (Å²) in [5, 5.41) is 13.6. The molecule has 2 unspecified atom stereocenters. The van der Waals surface area contributed by atoms with Gasteiger partial charge in [0.15, 0.2) is 9.84 Å². The van der Waals surface area contributed by atoms with Gasteiger partial charge in [0.2, 0.25) is 5.91 Å². The highest BCUT2D eigenvalue weighted by Gasteiger charge is 2.43. The average Bonchev–Trinajstić information content (AvgIpc) is 2.80. The molecule has 0 heterocycles. The first-order valence-corrected chi connectivity index (χ1v) is 13.3. The molecule has 178 valence electrons. The highest BCUT2D eigenvalue weighted by atomic mass is 35.5. The maximum Gasteiger partial charge on any atom is 0.225 e. The van der Waals surface area contributed by atoms with Crippen LogP contribution in [0.2, 0.25) is 0 Å². The fourth-order valence-electron chi connectivity index (χ4n) is 4.31. The standard InChI is InChI=1S/C27H29ClN2O3S/c1-4-34(32,33)22-12-10-20(11-13-22)16-25(31)30-27(17-19(2)3)15-14-23(26(28)24(27)18-29)21-8-6-5-7-9-21/h5-15,19,24H,4,16-17H2,1-3H3,(H,30,31). The van der Waals surface area contributed by atoms with Crippen LogP contribution in [0, 0.1) is 23.2 Å². The van der Waals surface area contributed by atoms with Gasteiger partial charge in [-0.15, -0.1) is 0 Å². The summed E-state index contributed by atoms with van der Waals surface area (Å²) >= 11 is 6.77. The second-order valence-electron chi connectivity index (χ2n) is 8.93. The molecule has 0 saturated heterocycles. The Balaban J connectivity index is 1.87. The van der Waals surface area contributed by atoms with Crippen molar-refractivity contribution in [3.05, 3.63) is 82.9 Å². The first kappa shape index (κ1) is 25.7. The van der Waals surface area contributed by atoms with Gasteiger partial charge in [-0.2, -0.15) is 5.26 Å². The maximum absolute atomic E-state index is 13.1. The van der Waals surface area contributed by atoms with Crippen molar-refractivity contribution in [2.75, 3.05) is 5.75 Å². The molecule has 2 aromatic rings. The Hall–Kier alpha value is -2.88. The number of nitrogens with one attached hydrogen (secondary N) is 1. The maximum atomic E-state index is 13.1. The third-order valence-corrected chi connectivity index (χ3v) is 8.10. The third-order valence-electron chi connectivity index (χ3n) is 5.93. The quantitative estimate of drug-likeness (QED) is 0.538. The van der Waals surface area contributed by atoms with Gasteiger partial charge < -0.3 is 5.32 Å². The monoisotopic (exact) mass is 496 g/mol. The average molecular weight is 497 g/mol. The van der Waals surface area contributed by atoms with Gasteiger partial charge in [0.05, 0.1) is 28.7 Å². The zero-order chi connectivity index (χ0) is 24.9. The summed E-state index contributed by atoms with van der Waals surface area (Å²) in [5.41, 5.74) is 1.43. The van der Waals surface area contributed by atoms with E-state index in [9.17, 15) is 18.5 Å². The number of halogens is 1. The number of nitrogens with zero attached hydrogens (tertiary/aromatic N) is 1. The van der Waals surface area contributed by atoms with E-state index in [2.05, 4.69) is 11.4 Å². The molecule has 2 aromatic carbocycles. The van der Waals surface area contributed by atoms with Gasteiger partial charge in [-0.1, -0.05) is 87.0 Å². The van der Waals surface area contributed by atoms with Crippen LogP contribution >= 0.6 is 11.6 Å². The van der Waals surface area contributed by atoms with Gasteiger partial charge in [0.25, 0.3) is 0 Å². The summed E-state index contributed by atoms with van der Waals surface area (Å²) in [7, 11) is -3.30. The minimum absolute atomic E-state index is 0.0195. The lowest BCUT2D eigenvalue weighted by molar-refractivity contribution is -0.122. The first-order chi connectivity index (χ1) is 16.1. The van der Waals surface area contributed by atoms with E-state index in [-0.39, 0.29) is 28.9 Å². The SMILES string of the molecule is CCS(=O)(=O)c1ccc(CC(=O)NC2(CC(C)C)C=CC(c3ccccc3)=C(Cl)C2C#N)cc1. The number of hydrogen-bond acceptors (Lipinski definition) is 4. The predicted molar refractivity (Wildman–Crippen MR) is 136 cm³/mol. The molecule has 7 heteroatoms. The van der Waals surface area contributed by atoms with Gasteiger partial charge in [0.1, 0.15) is 5.92 Å². The highest BCUT2D eigenvalue weighted by Crippen LogP contribution is 2.42. The van der Waals surface area contributed by atoms with E-state index in [1.165, 1.54) is 12.1 Å². The van der Waals surface area contributed by atoms with Crippen LogP contribution in [-0.4, -0.2) is 25.6 Å². The highest BCUT2D eigenvalue weighted by molar-refractivity contribution is 7.91. The van der Waals surface area contributed by atoms with Gasteiger partial charge >= 0.3 is 0 Å². The summed E-state index contributed by atoms with van der Waals surface area (Å²) in [6, 6.07) is 18.3. The van der Waals surface area contributed by atoms with Crippen molar-refractivity contribution in [2.24, 2.45) is 11.8 Å². The van der Waals surface area contributed by atoms with Crippen LogP contribution in [0.1, 0.15) is 38.3 Å². The molecule has 1 amide bonds. The van der Waals surface area contributed by atoms with Crippen LogP contribution in [0.5, 0.6) is 0 Å². The lowest BCUT2D eigenvalue weighted by Crippen LogP contribution is -2.54. The van der Waals surface area contributed by atoms with E-state index in [0.29, 0.717) is 17.0 Å². The fraction of sp³-hybridized carbons (Fsp3) is 0.333. The predicted octanol–water partition coefficient (Wildman–Crippen LogP) is 5.28. The summed E-state index contributed by atoms with van der Waals surface area (Å²) in [6.45, 7) is 5.66. The van der Waals surface area contributed by atoms with Gasteiger partial charge in [-0.05, 0) is 41.2 Å². The van der Waals surface area contributed by atoms with E-state index in [1.807, 2.05) is 56.3 Å². The molecule has 34 heavy (non-hydrogen) atoms. The van der Waals surface area contributed by atoms with E-state index >= 15 is 0 Å². The van der Waals surface area contributed by atoms with Crippen molar-refractivity contribution in [3.8, 4) is 6.07 Å². The van der Waals surface area contributed by atoms with Crippen LogP contribution in [-0.2, 0) is 21.1 Å². The Kier molecular flexibility index (Phi) is 8.01. The number of allylic oxidation sites excluding steroid dienone is 2. The molecule has 0 radical (unpaired) electrons. The summed E-state index contributed by atoms with van der Waals surface area (Å²) in [4.78, 5) is 13.3. The molecule has 0 aliphatic heterocycles. The second kappa shape index (κ2) is 10.6. The largest absolute Gasteiger partial charge is 0.345 e. The molecule has 0 fully saturated rings. The first-order valence-electron chi connectivity index (χ1n) is 11.3. The minimum atomic E-state index is -3.30. The fourth-order valence-corrected chi connectivity index (χ4v) is 5.61. The second-order valence-corrected chi connectivity index (χ2v) is 11.6. The van der Waals surface area contributed by atoms with Gasteiger partial charge in [-0.25, -0.2) is 8.42 Å². The topological polar surface area (TPSA) is 87.0 Å². The number of carbonyl (C=O) groups is 1. The molecule has 0 bridgehead atoms. The Labute approximate surface area is 207 Å². The molecule has 0 saturated carbocycles. The summed E-state index contributed by atoms with van der Waals surface area (Å²) < 4.78 is 24.1. The third kappa shape index (κ3) is 5.60. The minimum Gasteiger partial charge on any atom is -0.345 e. The molecule has 1 aliphatic carbocycles. The molecule has 1 aliphatic rings. The number of hydrogen-bond donors (Lipinski definition) is 1. The Morgan fingerprint density at radius 3 is 2.35 bits per heavy atom. The van der Waals surface area contributed by atoms with Crippen molar-refractivity contribution in [1.82, 2.24) is 5.32 Å². The lowest BCUT2D eigenvalue weighted by Gasteiger charge is -2.40. The van der Waals surface area contributed by atoms with Crippen LogP contribution in [0.25, 0.3) is 5.57 Å². The van der Waals surface area contributed by atoms with Crippen LogP contribution in [0.4, 0.5) is 0 Å². The lowest BCUT2D eigenvalue weighted by atomic mass is 9.73. The molecule has 0 spiro atoms. The zero-order valence-corrected chi connectivity index (χ0v) is 21.2. The molecule has 1 N–H and O–H groups in total. The Bertz CT molecular complexity index is 1240. The molecule has 2 atom stereocenters. The van der Waals surface area contributed by atoms with E-state index < -0.39 is 21.3 Å². The zero-order valence-electron chi connectivity index (χ0n) is 19.6. The van der Waals surface area contributed by atoms with Crippen molar-refractivity contribution in [1.29, 1.82) is 5.26 Å². The number of rotatable bonds is 8. The van der Waals surface area contributed by atoms with Crippen molar-refractivity contribution >= 4 is 32.9 Å². The Morgan fingerprint density at radius 1 is 1.15 bits per heavy atom. The number of carbonyl (C=O) groups excluding carboxylic acids is 1. The van der Waals surface area contributed by atoms with Crippen LogP contribution in [0.3, 0.4) is 0 Å². The number of nitriles is 1. The molecular formula is C27H29ClN2O3S. The van der Waals surface area contributed by atoms with Crippen molar-refractivity contribution < 1.29 is 13.2 Å². The smallest absolute Gasteiger partial charge is 0.225 e. The number of amides is 1. The molecule has 0 aromatic heterocycles.